The van der Waals surface area contributed by atoms with Crippen LogP contribution in [0.4, 0.5) is 5.69 Å². The summed E-state index contributed by atoms with van der Waals surface area (Å²) in [4.78, 5) is 16.0. The molecule has 5 nitrogen and oxygen atoms in total. The van der Waals surface area contributed by atoms with Gasteiger partial charge in [0.15, 0.2) is 0 Å². The lowest BCUT2D eigenvalue weighted by Crippen LogP contribution is -2.21. The van der Waals surface area contributed by atoms with E-state index in [0.717, 1.165) is 12.2 Å². The molecule has 138 valence electrons. The third kappa shape index (κ3) is 3.66. The first-order valence-corrected chi connectivity index (χ1v) is 9.76. The maximum atomic E-state index is 11.9. The molecule has 0 amide bonds. The molecule has 3 heterocycles. The second-order valence-corrected chi connectivity index (χ2v) is 7.17. The molecule has 27 heavy (non-hydrogen) atoms. The standard InChI is InChI=1S/C21H20N2O3S/c1-25-21(24)18-4-7-22-12-19(18)23-11-15-5-8-26-20-10-14(2-3-17(15)20)16-6-9-27-13-16/h2-4,6-7,9-10,12-13,15,23H,5,8,11H2,1H3. The van der Waals surface area contributed by atoms with Crippen LogP contribution < -0.4 is 10.1 Å². The average Bonchev–Trinajstić information content (AvgIpc) is 3.26. The second-order valence-electron chi connectivity index (χ2n) is 6.39. The van der Waals surface area contributed by atoms with Gasteiger partial charge in [0, 0.05) is 18.7 Å². The Hall–Kier alpha value is -2.86. The van der Waals surface area contributed by atoms with Crippen molar-refractivity contribution in [3.63, 3.8) is 0 Å². The van der Waals surface area contributed by atoms with Gasteiger partial charge in [0.2, 0.25) is 0 Å². The lowest BCUT2D eigenvalue weighted by Gasteiger charge is -2.27. The largest absolute Gasteiger partial charge is 0.493 e. The predicted molar refractivity (Wildman–Crippen MR) is 107 cm³/mol. The number of fused-ring (bicyclic) bond motifs is 1. The van der Waals surface area contributed by atoms with Crippen LogP contribution >= 0.6 is 11.3 Å². The molecule has 1 atom stereocenters. The Morgan fingerprint density at radius 3 is 3.07 bits per heavy atom. The molecule has 4 rings (SSSR count). The first-order valence-electron chi connectivity index (χ1n) is 8.82. The zero-order valence-corrected chi connectivity index (χ0v) is 15.8. The van der Waals surface area contributed by atoms with Gasteiger partial charge in [-0.1, -0.05) is 12.1 Å². The van der Waals surface area contributed by atoms with Crippen molar-refractivity contribution in [3.05, 3.63) is 64.6 Å². The Bertz CT molecular complexity index is 940. The van der Waals surface area contributed by atoms with Gasteiger partial charge in [0.05, 0.1) is 31.2 Å². The van der Waals surface area contributed by atoms with E-state index in [2.05, 4.69) is 45.3 Å². The van der Waals surface area contributed by atoms with Gasteiger partial charge in [-0.15, -0.1) is 0 Å². The number of carbonyl (C=O) groups excluding carboxylic acids is 1. The van der Waals surface area contributed by atoms with Crippen LogP contribution in [-0.2, 0) is 4.74 Å². The number of hydrogen-bond donors (Lipinski definition) is 1. The van der Waals surface area contributed by atoms with Crippen LogP contribution in [0.5, 0.6) is 5.75 Å². The summed E-state index contributed by atoms with van der Waals surface area (Å²) in [6.07, 6.45) is 4.17. The van der Waals surface area contributed by atoms with Crippen molar-refractivity contribution in [1.29, 1.82) is 0 Å². The lowest BCUT2D eigenvalue weighted by molar-refractivity contribution is 0.0601. The van der Waals surface area contributed by atoms with Crippen LogP contribution in [0, 0.1) is 0 Å². The molecule has 2 aromatic heterocycles. The summed E-state index contributed by atoms with van der Waals surface area (Å²) in [6.45, 7) is 1.38. The topological polar surface area (TPSA) is 60.5 Å². The molecule has 1 aliphatic heterocycles. The van der Waals surface area contributed by atoms with Gasteiger partial charge < -0.3 is 14.8 Å². The number of hydrogen-bond acceptors (Lipinski definition) is 6. The van der Waals surface area contributed by atoms with Gasteiger partial charge in [0.1, 0.15) is 5.75 Å². The molecule has 0 saturated heterocycles. The van der Waals surface area contributed by atoms with Crippen LogP contribution in [0.3, 0.4) is 0 Å². The fraction of sp³-hybridized carbons (Fsp3) is 0.238. The lowest BCUT2D eigenvalue weighted by atomic mass is 9.91. The number of anilines is 1. The van der Waals surface area contributed by atoms with E-state index >= 15 is 0 Å². The molecule has 1 aromatic carbocycles. The summed E-state index contributed by atoms with van der Waals surface area (Å²) in [6, 6.07) is 10.2. The first-order chi connectivity index (χ1) is 13.3. The van der Waals surface area contributed by atoms with Gasteiger partial charge in [-0.05, 0) is 52.1 Å². The Kier molecular flexibility index (Phi) is 5.07. The highest BCUT2D eigenvalue weighted by atomic mass is 32.1. The van der Waals surface area contributed by atoms with Gasteiger partial charge in [-0.25, -0.2) is 4.79 Å². The van der Waals surface area contributed by atoms with Crippen molar-refractivity contribution in [3.8, 4) is 16.9 Å². The van der Waals surface area contributed by atoms with Crippen molar-refractivity contribution < 1.29 is 14.3 Å². The molecule has 1 N–H and O–H groups in total. The van der Waals surface area contributed by atoms with Crippen molar-refractivity contribution in [2.45, 2.75) is 12.3 Å². The number of pyridine rings is 1. The fourth-order valence-corrected chi connectivity index (χ4v) is 4.01. The minimum absolute atomic E-state index is 0.302. The van der Waals surface area contributed by atoms with E-state index in [0.29, 0.717) is 30.3 Å². The van der Waals surface area contributed by atoms with Crippen LogP contribution in [-0.4, -0.2) is 31.2 Å². The summed E-state index contributed by atoms with van der Waals surface area (Å²) in [5.74, 6) is 0.875. The van der Waals surface area contributed by atoms with Crippen molar-refractivity contribution in [2.75, 3.05) is 25.6 Å². The molecule has 0 saturated carbocycles. The summed E-state index contributed by atoms with van der Waals surface area (Å²) < 4.78 is 10.8. The number of carbonyl (C=O) groups is 1. The molecule has 0 radical (unpaired) electrons. The number of methoxy groups -OCH3 is 1. The molecule has 0 spiro atoms. The van der Waals surface area contributed by atoms with Gasteiger partial charge >= 0.3 is 5.97 Å². The van der Waals surface area contributed by atoms with Crippen LogP contribution in [0.1, 0.15) is 28.3 Å². The first kappa shape index (κ1) is 17.5. The Morgan fingerprint density at radius 1 is 1.33 bits per heavy atom. The molecule has 0 fully saturated rings. The monoisotopic (exact) mass is 380 g/mol. The normalized spacial score (nSPS) is 15.5. The molecular formula is C21H20N2O3S. The van der Waals surface area contributed by atoms with E-state index in [1.54, 1.807) is 29.8 Å². The molecule has 6 heteroatoms. The number of nitrogens with one attached hydrogen (secondary N) is 1. The third-order valence-corrected chi connectivity index (χ3v) is 5.48. The number of aromatic nitrogens is 1. The minimum Gasteiger partial charge on any atom is -0.493 e. The minimum atomic E-state index is -0.368. The smallest absolute Gasteiger partial charge is 0.340 e. The number of rotatable bonds is 5. The maximum Gasteiger partial charge on any atom is 0.340 e. The third-order valence-electron chi connectivity index (χ3n) is 4.80. The predicted octanol–water partition coefficient (Wildman–Crippen LogP) is 4.57. The number of esters is 1. The second kappa shape index (κ2) is 7.80. The number of benzene rings is 1. The van der Waals surface area contributed by atoms with E-state index < -0.39 is 0 Å². The van der Waals surface area contributed by atoms with Crippen molar-refractivity contribution in [2.24, 2.45) is 0 Å². The van der Waals surface area contributed by atoms with Crippen LogP contribution in [0.15, 0.2) is 53.5 Å². The highest BCUT2D eigenvalue weighted by molar-refractivity contribution is 7.08. The number of thiophene rings is 1. The van der Waals surface area contributed by atoms with Gasteiger partial charge in [-0.2, -0.15) is 11.3 Å². The molecule has 1 unspecified atom stereocenters. The van der Waals surface area contributed by atoms with E-state index in [4.69, 9.17) is 9.47 Å². The van der Waals surface area contributed by atoms with E-state index in [9.17, 15) is 4.79 Å². The van der Waals surface area contributed by atoms with Crippen molar-refractivity contribution >= 4 is 23.0 Å². The quantitative estimate of drug-likeness (QED) is 0.657. The average molecular weight is 380 g/mol. The highest BCUT2D eigenvalue weighted by Gasteiger charge is 2.23. The summed E-state index contributed by atoms with van der Waals surface area (Å²) >= 11 is 1.69. The van der Waals surface area contributed by atoms with Crippen molar-refractivity contribution in [1.82, 2.24) is 4.98 Å². The van der Waals surface area contributed by atoms with Gasteiger partial charge in [0.25, 0.3) is 0 Å². The maximum absolute atomic E-state index is 11.9. The summed E-state index contributed by atoms with van der Waals surface area (Å²) in [5, 5.41) is 7.58. The van der Waals surface area contributed by atoms with Crippen LogP contribution in [0.25, 0.3) is 11.1 Å². The Balaban J connectivity index is 1.53. The molecule has 0 bridgehead atoms. The zero-order valence-electron chi connectivity index (χ0n) is 15.0. The van der Waals surface area contributed by atoms with E-state index in [1.807, 2.05) is 0 Å². The summed E-state index contributed by atoms with van der Waals surface area (Å²) in [7, 11) is 1.38. The highest BCUT2D eigenvalue weighted by Crippen LogP contribution is 2.37. The molecule has 1 aliphatic rings. The zero-order chi connectivity index (χ0) is 18.6. The fourth-order valence-electron chi connectivity index (χ4n) is 3.34. The Labute approximate surface area is 162 Å². The molecular weight excluding hydrogens is 360 g/mol. The molecule has 0 aliphatic carbocycles. The number of ether oxygens (including phenoxy) is 2. The van der Waals surface area contributed by atoms with E-state index in [-0.39, 0.29) is 5.97 Å². The van der Waals surface area contributed by atoms with Gasteiger partial charge in [-0.3, -0.25) is 4.98 Å². The number of nitrogens with zero attached hydrogens (tertiary/aromatic N) is 1. The summed E-state index contributed by atoms with van der Waals surface area (Å²) in [5.41, 5.74) is 4.75. The SMILES string of the molecule is COC(=O)c1ccncc1NCC1CCOc2cc(-c3ccsc3)ccc21. The Morgan fingerprint density at radius 2 is 2.26 bits per heavy atom. The molecule has 3 aromatic rings. The van der Waals surface area contributed by atoms with E-state index in [1.165, 1.54) is 23.8 Å². The van der Waals surface area contributed by atoms with Crippen LogP contribution in [0.2, 0.25) is 0 Å².